The minimum absolute atomic E-state index is 0.00599. The van der Waals surface area contributed by atoms with Gasteiger partial charge in [-0.05, 0) is 92.2 Å². The lowest BCUT2D eigenvalue weighted by Gasteiger charge is -2.31. The summed E-state index contributed by atoms with van der Waals surface area (Å²) in [5, 5.41) is 64.1. The van der Waals surface area contributed by atoms with Crippen LogP contribution in [0, 0.1) is 15.9 Å². The highest BCUT2D eigenvalue weighted by Crippen LogP contribution is 2.22. The summed E-state index contributed by atoms with van der Waals surface area (Å²) >= 11 is 10.1. The van der Waals surface area contributed by atoms with Crippen LogP contribution in [0.3, 0.4) is 0 Å². The number of terminal acetylenes is 1. The van der Waals surface area contributed by atoms with Gasteiger partial charge in [0.25, 0.3) is 0 Å². The fourth-order valence-electron chi connectivity index (χ4n) is 8.62. The van der Waals surface area contributed by atoms with Crippen LogP contribution in [-0.2, 0) is 68.7 Å². The number of carbonyl (C=O) groups is 14. The second kappa shape index (κ2) is 39.6. The molecule has 0 aliphatic carbocycles. The monoisotopic (exact) mass is 1420 g/mol. The molecular weight excluding hydrogens is 1340 g/mol. The van der Waals surface area contributed by atoms with Gasteiger partial charge in [0.1, 0.15) is 66.2 Å². The molecule has 0 bridgehead atoms. The number of thiol groups is 2. The zero-order chi connectivity index (χ0) is 67.9. The first-order valence-corrected chi connectivity index (χ1v) is 30.1. The minimum atomic E-state index is -1.96. The Bertz CT molecular complexity index is 2850. The number of likely N-dealkylation sites (tertiary alicyclic amines) is 1. The number of carboxylic acid groups (broad SMARTS) is 2. The third-order valence-electron chi connectivity index (χ3n) is 13.2. The van der Waals surface area contributed by atoms with E-state index in [1.807, 2.05) is 22.6 Å². The first-order valence-electron chi connectivity index (χ1n) is 27.7. The molecule has 0 spiro atoms. The normalized spacial score (nSPS) is 15.8. The maximum Gasteiger partial charge on any atom is 0.326 e. The number of urea groups is 1. The van der Waals surface area contributed by atoms with Crippen LogP contribution >= 0.6 is 47.8 Å². The van der Waals surface area contributed by atoms with Gasteiger partial charge in [-0.25, -0.2) is 9.59 Å². The number of hydrogen-bond acceptors (Lipinski definition) is 20. The van der Waals surface area contributed by atoms with Gasteiger partial charge in [-0.15, -0.1) is 12.3 Å². The van der Waals surface area contributed by atoms with E-state index >= 15 is 0 Å². The molecule has 1 aromatic rings. The predicted octanol–water partition coefficient (Wildman–Crippen LogP) is -7.56. The molecule has 90 heavy (non-hydrogen) atoms. The summed E-state index contributed by atoms with van der Waals surface area (Å²) in [7, 11) is 0. The van der Waals surface area contributed by atoms with Crippen LogP contribution in [0.1, 0.15) is 76.7 Å². The number of carboxylic acids is 2. The first kappa shape index (κ1) is 77.7. The van der Waals surface area contributed by atoms with Crippen LogP contribution in [0.15, 0.2) is 23.2 Å². The molecule has 1 heterocycles. The largest absolute Gasteiger partial charge is 0.507 e. The Kier molecular flexibility index (Phi) is 34.1. The average Bonchev–Trinajstić information content (AvgIpc) is 1.69. The lowest BCUT2D eigenvalue weighted by Crippen LogP contribution is -2.62. The number of aliphatic hydroxyl groups is 1. The second-order valence-corrected chi connectivity index (χ2v) is 22.1. The Morgan fingerprint density at radius 2 is 1.24 bits per heavy atom. The molecule has 11 atom stereocenters. The number of carbonyl (C=O) groups excluding carboxylic acids is 12. The molecule has 38 heteroatoms. The third kappa shape index (κ3) is 27.1. The SMILES string of the molecule is C#CC[C@H](NC(=O)[C@H](CS)NC(=O)CN)C(=O)N[C@H](C(=O)N[C@@H](CC(=O)O)C(=O)N1CCC[C@H]1C(=O)N[C@@H](CCCN=C(N)N)C(=O)N[C@@H](CS)C(=O)N[C@@H](CCCNC(N)=O)C(=O)N[C@@H](Cc1ccc(O)c(I)c1)C(=O)N[C@@H](CCC(N)=O)C(=O)O)[C@@H](C)O. The molecule has 0 aromatic heterocycles. The van der Waals surface area contributed by atoms with E-state index in [4.69, 9.17) is 35.1 Å². The third-order valence-corrected chi connectivity index (χ3v) is 14.8. The van der Waals surface area contributed by atoms with E-state index in [9.17, 15) is 87.5 Å². The molecule has 35 nitrogen and oxygen atoms in total. The number of benzene rings is 1. The number of guanidine groups is 1. The predicted molar refractivity (Wildman–Crippen MR) is 334 cm³/mol. The zero-order valence-electron chi connectivity index (χ0n) is 48.7. The number of nitrogens with one attached hydrogen (secondary N) is 10. The highest BCUT2D eigenvalue weighted by molar-refractivity contribution is 14.1. The molecule has 1 aliphatic heterocycles. The number of nitrogens with two attached hydrogens (primary N) is 5. The fraction of sp³-hybridized carbons (Fsp3) is 0.558. The molecule has 0 unspecified atom stereocenters. The lowest BCUT2D eigenvalue weighted by atomic mass is 10.0. The number of aliphatic carboxylic acids is 2. The van der Waals surface area contributed by atoms with E-state index in [1.165, 1.54) is 18.2 Å². The molecule has 1 fully saturated rings. The highest BCUT2D eigenvalue weighted by atomic mass is 127. The molecular formula is C52H78IN17O18S2. The number of phenolic OH excluding ortho intramolecular Hbond substituents is 1. The molecule has 13 amide bonds. The number of aromatic hydroxyl groups is 1. The van der Waals surface area contributed by atoms with Gasteiger partial charge in [0.05, 0.1) is 22.6 Å². The van der Waals surface area contributed by atoms with Gasteiger partial charge in [-0.2, -0.15) is 25.3 Å². The molecule has 0 saturated carbocycles. The van der Waals surface area contributed by atoms with Crippen LogP contribution in [-0.4, -0.2) is 218 Å². The molecule has 498 valence electrons. The number of rotatable bonds is 39. The molecule has 1 aliphatic rings. The van der Waals surface area contributed by atoms with Crippen molar-refractivity contribution in [2.24, 2.45) is 33.7 Å². The zero-order valence-corrected chi connectivity index (χ0v) is 52.7. The molecule has 24 N–H and O–H groups in total. The van der Waals surface area contributed by atoms with Crippen molar-refractivity contribution in [2.45, 2.75) is 144 Å². The quantitative estimate of drug-likeness (QED) is 0.00727. The van der Waals surface area contributed by atoms with Crippen molar-refractivity contribution in [3.8, 4) is 18.1 Å². The van der Waals surface area contributed by atoms with Crippen molar-refractivity contribution >= 4 is 137 Å². The van der Waals surface area contributed by atoms with Crippen LogP contribution in [0.5, 0.6) is 5.75 Å². The fourth-order valence-corrected chi connectivity index (χ4v) is 9.72. The number of halogens is 1. The maximum atomic E-state index is 14.3. The van der Waals surface area contributed by atoms with Crippen molar-refractivity contribution < 1.29 is 87.5 Å². The van der Waals surface area contributed by atoms with E-state index < -0.39 is 187 Å². The number of phenols is 1. The standard InChI is InChI=1S/C52H78IN17O18S2/c1-3-7-27(62-45(81)33(22-89)61-38(74)21-54)43(79)69-40(24(2)71)48(84)67-32(20-39(75)76)49(85)70-17-6-10-35(70)47(83)64-29(8-4-15-59-51(56)57)42(78)68-34(23-90)46(82)63-28(9-5-16-60-52(58)88)41(77)66-31(19-25-11-13-36(72)26(53)18-25)44(80)65-30(50(86)87)12-14-37(55)73/h1,11,13,18,24,27-35,40,71-72,89-90H,4-10,12,14-17,19-23,54H2,2H3,(H2,55,73)(H,61,74)(H,62,81)(H,63,82)(H,64,83)(H,65,80)(H,66,77)(H,67,84)(H,68,78)(H,69,79)(H,75,76)(H,86,87)(H4,56,57,59)(H3,58,60,88)/t24-,27+,28+,29+,30+,31+,32+,33+,34+,35+,40+/m1/s1. The highest BCUT2D eigenvalue weighted by Gasteiger charge is 2.42. The van der Waals surface area contributed by atoms with Crippen LogP contribution in [0.25, 0.3) is 0 Å². The van der Waals surface area contributed by atoms with Gasteiger partial charge in [0.15, 0.2) is 5.96 Å². The van der Waals surface area contributed by atoms with Crippen molar-refractivity contribution in [2.75, 3.05) is 37.7 Å². The van der Waals surface area contributed by atoms with Gasteiger partial charge < -0.3 is 107 Å². The summed E-state index contributed by atoms with van der Waals surface area (Å²) in [6.07, 6.45) is 0.461. The van der Waals surface area contributed by atoms with Crippen LogP contribution < -0.4 is 81.8 Å². The summed E-state index contributed by atoms with van der Waals surface area (Å²) in [5.41, 5.74) is 27.1. The van der Waals surface area contributed by atoms with E-state index in [1.54, 1.807) is 0 Å². The Hall–Kier alpha value is -8.42. The van der Waals surface area contributed by atoms with Crippen LogP contribution in [0.4, 0.5) is 4.79 Å². The lowest BCUT2D eigenvalue weighted by molar-refractivity contribution is -0.146. The summed E-state index contributed by atoms with van der Waals surface area (Å²) in [5.74, 6) is -13.3. The molecule has 1 aromatic carbocycles. The number of amides is 13. The molecule has 2 rings (SSSR count). The smallest absolute Gasteiger partial charge is 0.326 e. The van der Waals surface area contributed by atoms with Crippen molar-refractivity contribution in [3.63, 3.8) is 0 Å². The van der Waals surface area contributed by atoms with E-state index in [0.29, 0.717) is 9.13 Å². The van der Waals surface area contributed by atoms with Crippen molar-refractivity contribution in [1.29, 1.82) is 0 Å². The number of primary amides is 2. The van der Waals surface area contributed by atoms with Gasteiger partial charge in [-0.1, -0.05) is 6.07 Å². The Labute approximate surface area is 540 Å². The maximum absolute atomic E-state index is 14.3. The Morgan fingerprint density at radius 3 is 1.79 bits per heavy atom. The van der Waals surface area contributed by atoms with Crippen LogP contribution in [0.2, 0.25) is 0 Å². The molecule has 1 saturated heterocycles. The Morgan fingerprint density at radius 1 is 0.711 bits per heavy atom. The number of aliphatic imine (C=N–C) groups is 1. The summed E-state index contributed by atoms with van der Waals surface area (Å²) in [4.78, 5) is 189. The molecule has 0 radical (unpaired) electrons. The summed E-state index contributed by atoms with van der Waals surface area (Å²) < 4.78 is 0.343. The van der Waals surface area contributed by atoms with Gasteiger partial charge >= 0.3 is 18.0 Å². The van der Waals surface area contributed by atoms with E-state index in [2.05, 4.69) is 89.3 Å². The number of aliphatic hydroxyl groups excluding tert-OH is 1. The van der Waals surface area contributed by atoms with Gasteiger partial charge in [0, 0.05) is 50.4 Å². The van der Waals surface area contributed by atoms with E-state index in [0.717, 1.165) is 11.8 Å². The summed E-state index contributed by atoms with van der Waals surface area (Å²) in [6.45, 7) is 0.181. The Balaban J connectivity index is 2.47. The number of nitrogens with zero attached hydrogens (tertiary/aromatic N) is 2. The number of hydrogen-bond donors (Lipinski definition) is 21. The van der Waals surface area contributed by atoms with Gasteiger partial charge in [-0.3, -0.25) is 62.5 Å². The average molecular weight is 1420 g/mol. The minimum Gasteiger partial charge on any atom is -0.507 e. The van der Waals surface area contributed by atoms with Crippen molar-refractivity contribution in [3.05, 3.63) is 27.3 Å². The van der Waals surface area contributed by atoms with E-state index in [-0.39, 0.29) is 82.0 Å². The second-order valence-electron chi connectivity index (χ2n) is 20.3. The van der Waals surface area contributed by atoms with Gasteiger partial charge in [0.2, 0.25) is 65.0 Å². The first-order chi connectivity index (χ1) is 42.4. The topological polar surface area (TPSA) is 586 Å². The summed E-state index contributed by atoms with van der Waals surface area (Å²) in [6, 6.07) is -12.9. The van der Waals surface area contributed by atoms with Crippen molar-refractivity contribution in [1.82, 2.24) is 58.1 Å².